The lowest BCUT2D eigenvalue weighted by molar-refractivity contribution is -0.139. The van der Waals surface area contributed by atoms with Crippen molar-refractivity contribution in [2.24, 2.45) is 0 Å². The second-order valence-corrected chi connectivity index (χ2v) is 6.03. The van der Waals surface area contributed by atoms with Crippen LogP contribution in [0.4, 0.5) is 10.1 Å². The molecule has 1 N–H and O–H groups in total. The molecule has 1 fully saturated rings. The van der Waals surface area contributed by atoms with Crippen LogP contribution in [0.3, 0.4) is 0 Å². The van der Waals surface area contributed by atoms with Gasteiger partial charge in [-0.15, -0.1) is 0 Å². The molecule has 1 aromatic rings. The first kappa shape index (κ1) is 14.6. The van der Waals surface area contributed by atoms with E-state index >= 15 is 0 Å². The van der Waals surface area contributed by atoms with Gasteiger partial charge in [0.15, 0.2) is 0 Å². The maximum atomic E-state index is 13.6. The minimum atomic E-state index is -0.415. The van der Waals surface area contributed by atoms with Crippen molar-refractivity contribution in [1.82, 2.24) is 4.90 Å². The number of rotatable bonds is 2. The summed E-state index contributed by atoms with van der Waals surface area (Å²) >= 11 is 6.06. The number of nitrogens with one attached hydrogen (secondary N) is 1. The molecule has 1 aromatic carbocycles. The van der Waals surface area contributed by atoms with E-state index in [1.54, 1.807) is 6.07 Å². The molecule has 0 aliphatic carbocycles. The number of piperidine rings is 1. The number of fused-ring (bicyclic) bond motifs is 3. The second kappa shape index (κ2) is 5.46. The molecular formula is C15H18ClFN2O2. The van der Waals surface area contributed by atoms with Crippen LogP contribution in [0.2, 0.25) is 5.02 Å². The van der Waals surface area contributed by atoms with Crippen LogP contribution in [0.25, 0.3) is 0 Å². The molecule has 1 amide bonds. The minimum Gasteiger partial charge on any atom is -0.380 e. The fourth-order valence-corrected chi connectivity index (χ4v) is 3.79. The van der Waals surface area contributed by atoms with Crippen molar-refractivity contribution in [3.8, 4) is 0 Å². The summed E-state index contributed by atoms with van der Waals surface area (Å²) in [6.07, 6.45) is 0.817. The Morgan fingerprint density at radius 3 is 3.05 bits per heavy atom. The van der Waals surface area contributed by atoms with Crippen LogP contribution in [-0.2, 0) is 9.53 Å². The molecule has 2 aliphatic rings. The Morgan fingerprint density at radius 2 is 2.33 bits per heavy atom. The third-order valence-corrected chi connectivity index (χ3v) is 4.90. The summed E-state index contributed by atoms with van der Waals surface area (Å²) < 4.78 is 18.5. The highest BCUT2D eigenvalue weighted by Crippen LogP contribution is 2.46. The molecule has 3 atom stereocenters. The molecule has 0 saturated carbocycles. The Labute approximate surface area is 128 Å². The topological polar surface area (TPSA) is 41.6 Å². The predicted molar refractivity (Wildman–Crippen MR) is 79.2 cm³/mol. The van der Waals surface area contributed by atoms with E-state index in [0.29, 0.717) is 12.2 Å². The lowest BCUT2D eigenvalue weighted by Gasteiger charge is -2.41. The van der Waals surface area contributed by atoms with E-state index in [4.69, 9.17) is 16.3 Å². The number of halogens is 2. The van der Waals surface area contributed by atoms with Crippen LogP contribution in [-0.4, -0.2) is 43.2 Å². The smallest absolute Gasteiger partial charge is 0.248 e. The number of hydrogen-bond donors (Lipinski definition) is 1. The van der Waals surface area contributed by atoms with Gasteiger partial charge in [-0.3, -0.25) is 4.79 Å². The molecule has 3 rings (SSSR count). The largest absolute Gasteiger partial charge is 0.380 e. The van der Waals surface area contributed by atoms with Crippen molar-refractivity contribution in [3.63, 3.8) is 0 Å². The number of hydrogen-bond acceptors (Lipinski definition) is 3. The van der Waals surface area contributed by atoms with Crippen molar-refractivity contribution < 1.29 is 13.9 Å². The molecule has 2 heterocycles. The zero-order valence-corrected chi connectivity index (χ0v) is 12.8. The molecule has 114 valence electrons. The third-order valence-electron chi connectivity index (χ3n) is 4.53. The molecule has 0 radical (unpaired) electrons. The molecule has 1 saturated heterocycles. The van der Waals surface area contributed by atoms with Gasteiger partial charge in [0.25, 0.3) is 0 Å². The van der Waals surface area contributed by atoms with Gasteiger partial charge in [-0.1, -0.05) is 17.7 Å². The average molecular weight is 313 g/mol. The van der Waals surface area contributed by atoms with Crippen LogP contribution < -0.4 is 5.32 Å². The third kappa shape index (κ3) is 2.28. The van der Waals surface area contributed by atoms with E-state index in [9.17, 15) is 9.18 Å². The Hall–Kier alpha value is -1.33. The molecular weight excluding hydrogens is 295 g/mol. The quantitative estimate of drug-likeness (QED) is 0.913. The van der Waals surface area contributed by atoms with Crippen LogP contribution in [0.15, 0.2) is 12.1 Å². The fraction of sp³-hybridized carbons (Fsp3) is 0.533. The first-order valence-electron chi connectivity index (χ1n) is 7.07. The summed E-state index contributed by atoms with van der Waals surface area (Å²) in [6, 6.07) is 3.39. The highest BCUT2D eigenvalue weighted by atomic mass is 35.5. The summed E-state index contributed by atoms with van der Waals surface area (Å²) in [5.74, 6) is -0.292. The average Bonchev–Trinajstić information content (AvgIpc) is 2.83. The normalized spacial score (nSPS) is 27.0. The van der Waals surface area contributed by atoms with Gasteiger partial charge in [-0.05, 0) is 25.0 Å². The van der Waals surface area contributed by atoms with Crippen LogP contribution in [0, 0.1) is 5.82 Å². The van der Waals surface area contributed by atoms with E-state index in [-0.39, 0.29) is 35.5 Å². The number of carbonyl (C=O) groups excluding carboxylic acids is 1. The van der Waals surface area contributed by atoms with Crippen molar-refractivity contribution in [1.29, 1.82) is 0 Å². The maximum absolute atomic E-state index is 13.6. The molecule has 21 heavy (non-hydrogen) atoms. The van der Waals surface area contributed by atoms with Crippen LogP contribution in [0.1, 0.15) is 24.8 Å². The summed E-state index contributed by atoms with van der Waals surface area (Å²) in [5, 5.41) is 3.47. The van der Waals surface area contributed by atoms with Crippen molar-refractivity contribution >= 4 is 23.2 Å². The zero-order valence-electron chi connectivity index (χ0n) is 12.0. The van der Waals surface area contributed by atoms with Gasteiger partial charge >= 0.3 is 0 Å². The number of likely N-dealkylation sites (tertiary alicyclic amines) is 1. The van der Waals surface area contributed by atoms with Gasteiger partial charge in [0.1, 0.15) is 12.4 Å². The number of benzene rings is 1. The number of ether oxygens (including phenoxy) is 1. The standard InChI is InChI=1S/C15H18ClFN2O2/c1-8-13-9-3-4-10(17)14(16)15(9)18-11(13)5-6-19(8)12(20)7-21-2/h3-4,8,11,13,18H,5-7H2,1-2H3/t8-,11?,13?/m1/s1. The fourth-order valence-electron chi connectivity index (χ4n) is 3.56. The molecule has 6 heteroatoms. The van der Waals surface area contributed by atoms with Gasteiger partial charge in [0.2, 0.25) is 5.91 Å². The lowest BCUT2D eigenvalue weighted by Crippen LogP contribution is -2.51. The molecule has 2 aliphatic heterocycles. The Morgan fingerprint density at radius 1 is 1.57 bits per heavy atom. The molecule has 0 bridgehead atoms. The van der Waals surface area contributed by atoms with Gasteiger partial charge in [0.05, 0.1) is 10.7 Å². The number of anilines is 1. The van der Waals surface area contributed by atoms with Gasteiger partial charge in [-0.2, -0.15) is 0 Å². The monoisotopic (exact) mass is 312 g/mol. The molecule has 4 nitrogen and oxygen atoms in total. The van der Waals surface area contributed by atoms with Gasteiger partial charge in [-0.25, -0.2) is 4.39 Å². The van der Waals surface area contributed by atoms with Crippen LogP contribution >= 0.6 is 11.6 Å². The zero-order chi connectivity index (χ0) is 15.1. The summed E-state index contributed by atoms with van der Waals surface area (Å²) in [5.41, 5.74) is 1.67. The number of amides is 1. The van der Waals surface area contributed by atoms with E-state index in [0.717, 1.165) is 12.0 Å². The van der Waals surface area contributed by atoms with Crippen LogP contribution in [0.5, 0.6) is 0 Å². The maximum Gasteiger partial charge on any atom is 0.248 e. The van der Waals surface area contributed by atoms with Crippen molar-refractivity contribution in [2.75, 3.05) is 25.6 Å². The summed E-state index contributed by atoms with van der Waals surface area (Å²) in [7, 11) is 1.52. The molecule has 2 unspecified atom stereocenters. The minimum absolute atomic E-state index is 0.00916. The Bertz CT molecular complexity index is 581. The van der Waals surface area contributed by atoms with Crippen molar-refractivity contribution in [2.45, 2.75) is 31.3 Å². The number of nitrogens with zero attached hydrogens (tertiary/aromatic N) is 1. The second-order valence-electron chi connectivity index (χ2n) is 5.65. The number of methoxy groups -OCH3 is 1. The lowest BCUT2D eigenvalue weighted by atomic mass is 9.83. The number of carbonyl (C=O) groups is 1. The Balaban J connectivity index is 1.92. The highest BCUT2D eigenvalue weighted by molar-refractivity contribution is 6.33. The van der Waals surface area contributed by atoms with E-state index in [1.165, 1.54) is 13.2 Å². The van der Waals surface area contributed by atoms with E-state index < -0.39 is 5.82 Å². The first-order chi connectivity index (χ1) is 10.0. The summed E-state index contributed by atoms with van der Waals surface area (Å²) in [6.45, 7) is 2.79. The van der Waals surface area contributed by atoms with E-state index in [2.05, 4.69) is 5.32 Å². The summed E-state index contributed by atoms with van der Waals surface area (Å²) in [4.78, 5) is 14.0. The molecule has 0 aromatic heterocycles. The van der Waals surface area contributed by atoms with Gasteiger partial charge < -0.3 is 15.0 Å². The first-order valence-corrected chi connectivity index (χ1v) is 7.45. The van der Waals surface area contributed by atoms with E-state index in [1.807, 2.05) is 11.8 Å². The SMILES string of the molecule is COCC(=O)N1CCC2Nc3c(ccc(F)c3Cl)C2[C@H]1C. The van der Waals surface area contributed by atoms with Crippen molar-refractivity contribution in [3.05, 3.63) is 28.5 Å². The highest BCUT2D eigenvalue weighted by Gasteiger charge is 2.43. The van der Waals surface area contributed by atoms with Gasteiger partial charge in [0, 0.05) is 31.7 Å². The Kier molecular flexibility index (Phi) is 3.80. The predicted octanol–water partition coefficient (Wildman–Crippen LogP) is 2.62. The molecule has 0 spiro atoms.